The van der Waals surface area contributed by atoms with Crippen LogP contribution in [0.2, 0.25) is 5.02 Å². The number of nitrogens with one attached hydrogen (secondary N) is 1. The smallest absolute Gasteiger partial charge is 0.137 e. The third kappa shape index (κ3) is 2.61. The molecule has 2 aromatic carbocycles. The van der Waals surface area contributed by atoms with E-state index in [1.807, 2.05) is 36.4 Å². The molecule has 4 nitrogen and oxygen atoms in total. The highest BCUT2D eigenvalue weighted by Crippen LogP contribution is 2.57. The highest BCUT2D eigenvalue weighted by molar-refractivity contribution is 6.31. The number of benzene rings is 2. The van der Waals surface area contributed by atoms with E-state index in [4.69, 9.17) is 28.5 Å². The first-order valence-corrected chi connectivity index (χ1v) is 8.55. The molecule has 0 aromatic heterocycles. The number of terminal acetylenes is 1. The first-order valence-electron chi connectivity index (χ1n) is 8.17. The number of hydrogen-bond donors (Lipinski definition) is 2. The number of nitrogens with zero attached hydrogens (tertiary/aromatic N) is 1. The fraction of sp³-hybridized carbons (Fsp3) is 0.250. The summed E-state index contributed by atoms with van der Waals surface area (Å²) in [5.74, 6) is 2.75. The van der Waals surface area contributed by atoms with Crippen molar-refractivity contribution in [2.75, 3.05) is 13.1 Å². The summed E-state index contributed by atoms with van der Waals surface area (Å²) in [6.07, 6.45) is 7.24. The van der Waals surface area contributed by atoms with Crippen molar-refractivity contribution in [3.8, 4) is 12.3 Å². The maximum absolute atomic E-state index is 6.34. The van der Waals surface area contributed by atoms with Crippen LogP contribution in [0.15, 0.2) is 47.5 Å². The van der Waals surface area contributed by atoms with Gasteiger partial charge in [0.15, 0.2) is 0 Å². The zero-order valence-corrected chi connectivity index (χ0v) is 14.3. The normalized spacial score (nSPS) is 26.9. The molecule has 0 spiro atoms. The van der Waals surface area contributed by atoms with Crippen LogP contribution in [-0.2, 0) is 10.3 Å². The van der Waals surface area contributed by atoms with E-state index in [-0.39, 0.29) is 12.1 Å². The predicted molar refractivity (Wildman–Crippen MR) is 99.6 cm³/mol. The molecule has 0 amide bonds. The summed E-state index contributed by atoms with van der Waals surface area (Å²) in [5, 5.41) is 3.93. The number of hydrogen-bond acceptors (Lipinski definition) is 4. The van der Waals surface area contributed by atoms with Gasteiger partial charge < -0.3 is 15.8 Å². The number of halogens is 1. The first-order chi connectivity index (χ1) is 12.2. The zero-order chi connectivity index (χ0) is 17.4. The molecule has 2 aliphatic heterocycles. The second kappa shape index (κ2) is 6.20. The van der Waals surface area contributed by atoms with Crippen LogP contribution in [0.25, 0.3) is 0 Å². The second-order valence-electron chi connectivity index (χ2n) is 6.27. The minimum absolute atomic E-state index is 0.0818. The van der Waals surface area contributed by atoms with Gasteiger partial charge in [0.25, 0.3) is 0 Å². The van der Waals surface area contributed by atoms with Gasteiger partial charge in [0.2, 0.25) is 0 Å². The maximum Gasteiger partial charge on any atom is 0.137 e. The van der Waals surface area contributed by atoms with Gasteiger partial charge in [0.05, 0.1) is 18.9 Å². The van der Waals surface area contributed by atoms with Gasteiger partial charge in [-0.1, -0.05) is 41.8 Å². The van der Waals surface area contributed by atoms with E-state index >= 15 is 0 Å². The Morgan fingerprint density at radius 2 is 2.16 bits per heavy atom. The van der Waals surface area contributed by atoms with Crippen LogP contribution in [0, 0.1) is 12.3 Å². The molecule has 2 heterocycles. The molecule has 3 unspecified atom stereocenters. The van der Waals surface area contributed by atoms with Crippen molar-refractivity contribution in [1.29, 1.82) is 0 Å². The Morgan fingerprint density at radius 3 is 2.84 bits per heavy atom. The summed E-state index contributed by atoms with van der Waals surface area (Å²) < 4.78 is 6.09. The molecule has 0 saturated carbocycles. The van der Waals surface area contributed by atoms with E-state index < -0.39 is 5.60 Å². The molecule has 2 aromatic rings. The third-order valence-electron chi connectivity index (χ3n) is 4.91. The summed E-state index contributed by atoms with van der Waals surface area (Å²) in [6.45, 7) is 1.04. The molecule has 1 fully saturated rings. The monoisotopic (exact) mass is 351 g/mol. The lowest BCUT2D eigenvalue weighted by atomic mass is 9.88. The van der Waals surface area contributed by atoms with Crippen LogP contribution in [-0.4, -0.2) is 19.4 Å². The Hall–Kier alpha value is -2.32. The van der Waals surface area contributed by atoms with E-state index in [0.717, 1.165) is 22.3 Å². The molecule has 0 aliphatic carbocycles. The Labute approximate surface area is 152 Å². The largest absolute Gasteiger partial charge is 0.368 e. The molecule has 4 rings (SSSR count). The van der Waals surface area contributed by atoms with Crippen LogP contribution in [0.5, 0.6) is 0 Å². The van der Waals surface area contributed by atoms with E-state index in [2.05, 4.69) is 22.3 Å². The van der Waals surface area contributed by atoms with Gasteiger partial charge in [-0.2, -0.15) is 0 Å². The van der Waals surface area contributed by atoms with Crippen molar-refractivity contribution in [1.82, 2.24) is 5.32 Å². The topological polar surface area (TPSA) is 62.9 Å². The van der Waals surface area contributed by atoms with Crippen LogP contribution in [0.1, 0.15) is 34.4 Å². The standard InChI is InChI=1S/C20H18ClN3O/c1-2-13-7-8-14(9-16(13)18-10-23-12-24-18)20(11-22)19(25-20)15-5-3-4-6-17(15)21/h1,3-9,12,18-19H,10-11,22H2,(H,23,24). The summed E-state index contributed by atoms with van der Waals surface area (Å²) >= 11 is 6.34. The SMILES string of the molecule is C#Cc1ccc(C2(CN)OC2c2ccccc2Cl)cc1C1CN=CN1. The second-order valence-corrected chi connectivity index (χ2v) is 6.68. The average Bonchev–Trinajstić information content (AvgIpc) is 3.13. The number of nitrogens with two attached hydrogens (primary N) is 1. The molecular formula is C20H18ClN3O. The number of aliphatic imine (C=N–C) groups is 1. The maximum atomic E-state index is 6.34. The summed E-state index contributed by atoms with van der Waals surface area (Å²) in [4.78, 5) is 4.24. The summed E-state index contributed by atoms with van der Waals surface area (Å²) in [6, 6.07) is 13.8. The molecule has 3 atom stereocenters. The van der Waals surface area contributed by atoms with Crippen LogP contribution >= 0.6 is 11.6 Å². The van der Waals surface area contributed by atoms with Crippen LogP contribution in [0.3, 0.4) is 0 Å². The number of epoxide rings is 1. The van der Waals surface area contributed by atoms with Crippen molar-refractivity contribution in [3.05, 3.63) is 69.7 Å². The van der Waals surface area contributed by atoms with Crippen molar-refractivity contribution < 1.29 is 4.74 Å². The van der Waals surface area contributed by atoms with E-state index in [1.54, 1.807) is 6.34 Å². The lowest BCUT2D eigenvalue weighted by Crippen LogP contribution is -2.24. The summed E-state index contributed by atoms with van der Waals surface area (Å²) in [7, 11) is 0. The lowest BCUT2D eigenvalue weighted by Gasteiger charge is -2.18. The highest BCUT2D eigenvalue weighted by atomic mass is 35.5. The van der Waals surface area contributed by atoms with Gasteiger partial charge in [0.1, 0.15) is 11.7 Å². The molecule has 126 valence electrons. The van der Waals surface area contributed by atoms with Gasteiger partial charge in [-0.05, 0) is 29.3 Å². The first kappa shape index (κ1) is 16.2. The zero-order valence-electron chi connectivity index (χ0n) is 13.6. The number of rotatable bonds is 4. The highest BCUT2D eigenvalue weighted by Gasteiger charge is 2.58. The minimum Gasteiger partial charge on any atom is -0.368 e. The van der Waals surface area contributed by atoms with Crippen molar-refractivity contribution in [2.45, 2.75) is 17.7 Å². The van der Waals surface area contributed by atoms with Gasteiger partial charge in [-0.25, -0.2) is 0 Å². The summed E-state index contributed by atoms with van der Waals surface area (Å²) in [5.41, 5.74) is 9.41. The van der Waals surface area contributed by atoms with Gasteiger partial charge in [-0.3, -0.25) is 4.99 Å². The molecule has 25 heavy (non-hydrogen) atoms. The fourth-order valence-corrected chi connectivity index (χ4v) is 3.69. The molecular weight excluding hydrogens is 334 g/mol. The molecule has 0 radical (unpaired) electrons. The molecule has 1 saturated heterocycles. The minimum atomic E-state index is -0.563. The van der Waals surface area contributed by atoms with Crippen molar-refractivity contribution >= 4 is 17.9 Å². The van der Waals surface area contributed by atoms with E-state index in [9.17, 15) is 0 Å². The van der Waals surface area contributed by atoms with Gasteiger partial charge in [-0.15, -0.1) is 6.42 Å². The molecule has 2 aliphatic rings. The van der Waals surface area contributed by atoms with Crippen molar-refractivity contribution in [2.24, 2.45) is 10.7 Å². The fourth-order valence-electron chi connectivity index (χ4n) is 3.46. The van der Waals surface area contributed by atoms with Crippen LogP contribution in [0.4, 0.5) is 0 Å². The lowest BCUT2D eigenvalue weighted by molar-refractivity contribution is 0.301. The number of ether oxygens (including phenoxy) is 1. The van der Waals surface area contributed by atoms with Gasteiger partial charge >= 0.3 is 0 Å². The quantitative estimate of drug-likeness (QED) is 0.657. The third-order valence-corrected chi connectivity index (χ3v) is 5.26. The van der Waals surface area contributed by atoms with E-state index in [1.165, 1.54) is 0 Å². The Morgan fingerprint density at radius 1 is 1.32 bits per heavy atom. The van der Waals surface area contributed by atoms with Crippen molar-refractivity contribution in [3.63, 3.8) is 0 Å². The Kier molecular flexibility index (Phi) is 4.01. The van der Waals surface area contributed by atoms with Gasteiger partial charge in [0, 0.05) is 22.7 Å². The molecule has 3 N–H and O–H groups in total. The van der Waals surface area contributed by atoms with E-state index in [0.29, 0.717) is 18.1 Å². The predicted octanol–water partition coefficient (Wildman–Crippen LogP) is 2.92. The van der Waals surface area contributed by atoms with Crippen LogP contribution < -0.4 is 11.1 Å². The molecule has 0 bridgehead atoms. The average molecular weight is 352 g/mol. The molecule has 5 heteroatoms. The Bertz CT molecular complexity index is 881. The Balaban J connectivity index is 1.73.